The second-order valence-electron chi connectivity index (χ2n) is 5.37. The van der Waals surface area contributed by atoms with Gasteiger partial charge in [-0.25, -0.2) is 0 Å². The second-order valence-corrected chi connectivity index (χ2v) is 5.37. The molecule has 0 bridgehead atoms. The van der Waals surface area contributed by atoms with Crippen molar-refractivity contribution < 1.29 is 9.53 Å². The van der Waals surface area contributed by atoms with E-state index in [1.54, 1.807) is 11.9 Å². The second kappa shape index (κ2) is 6.72. The van der Waals surface area contributed by atoms with E-state index in [1.807, 2.05) is 25.1 Å². The predicted octanol–water partition coefficient (Wildman–Crippen LogP) is 1.92. The highest BCUT2D eigenvalue weighted by Crippen LogP contribution is 2.19. The van der Waals surface area contributed by atoms with Crippen LogP contribution in [-0.4, -0.2) is 37.1 Å². The number of nitrogens with two attached hydrogens (primary N) is 1. The predicted molar refractivity (Wildman–Crippen MR) is 79.5 cm³/mol. The summed E-state index contributed by atoms with van der Waals surface area (Å²) < 4.78 is 5.68. The fourth-order valence-corrected chi connectivity index (χ4v) is 2.51. The zero-order valence-electron chi connectivity index (χ0n) is 12.2. The fraction of sp³-hybridized carbons (Fsp3) is 0.533. The summed E-state index contributed by atoms with van der Waals surface area (Å²) in [7, 11) is 1.81. The van der Waals surface area contributed by atoms with Crippen LogP contribution in [0.5, 0.6) is 0 Å². The van der Waals surface area contributed by atoms with Crippen molar-refractivity contribution >= 4 is 11.6 Å². The zero-order valence-corrected chi connectivity index (χ0v) is 12.2. The lowest BCUT2D eigenvalue weighted by atomic mass is 10.1. The van der Waals surface area contributed by atoms with Gasteiger partial charge in [-0.2, -0.15) is 0 Å². The minimum Gasteiger partial charge on any atom is -0.376 e. The molecule has 1 aromatic rings. The molecule has 1 unspecified atom stereocenters. The molecule has 0 radical (unpaired) electrons. The van der Waals surface area contributed by atoms with E-state index in [0.29, 0.717) is 17.8 Å². The van der Waals surface area contributed by atoms with E-state index in [0.717, 1.165) is 25.0 Å². The largest absolute Gasteiger partial charge is 0.376 e. The molecule has 1 aliphatic rings. The molecule has 5 nitrogen and oxygen atoms in total. The van der Waals surface area contributed by atoms with E-state index >= 15 is 0 Å². The number of ether oxygens (including phenoxy) is 1. The summed E-state index contributed by atoms with van der Waals surface area (Å²) in [6.45, 7) is 3.39. The molecule has 0 aliphatic carbocycles. The Hall–Kier alpha value is -1.59. The molecule has 20 heavy (non-hydrogen) atoms. The number of aryl methyl sites for hydroxylation is 1. The molecule has 1 aliphatic heterocycles. The lowest BCUT2D eigenvalue weighted by Gasteiger charge is -2.28. The zero-order chi connectivity index (χ0) is 14.5. The van der Waals surface area contributed by atoms with Crippen molar-refractivity contribution in [1.29, 1.82) is 0 Å². The maximum absolute atomic E-state index is 12.5. The van der Waals surface area contributed by atoms with Gasteiger partial charge in [0.1, 0.15) is 0 Å². The highest BCUT2D eigenvalue weighted by molar-refractivity contribution is 5.99. The van der Waals surface area contributed by atoms with Crippen LogP contribution in [0.2, 0.25) is 0 Å². The summed E-state index contributed by atoms with van der Waals surface area (Å²) in [5, 5.41) is 0. The quantitative estimate of drug-likeness (QED) is 0.652. The van der Waals surface area contributed by atoms with Crippen molar-refractivity contribution in [2.45, 2.75) is 32.3 Å². The standard InChI is InChI=1S/C15H23N3O2/c1-11-6-7-13(14(9-11)17-16)15(19)18(2)10-12-5-3-4-8-20-12/h6-7,9,12,17H,3-5,8,10,16H2,1-2H3. The molecule has 1 atom stereocenters. The van der Waals surface area contributed by atoms with Crippen LogP contribution in [0.4, 0.5) is 5.69 Å². The molecule has 1 saturated heterocycles. The third kappa shape index (κ3) is 3.49. The van der Waals surface area contributed by atoms with Gasteiger partial charge < -0.3 is 15.1 Å². The van der Waals surface area contributed by atoms with Crippen molar-refractivity contribution in [2.24, 2.45) is 5.84 Å². The van der Waals surface area contributed by atoms with Crippen molar-refractivity contribution in [3.63, 3.8) is 0 Å². The molecule has 0 spiro atoms. The van der Waals surface area contributed by atoms with Gasteiger partial charge in [-0.1, -0.05) is 6.07 Å². The molecule has 1 amide bonds. The van der Waals surface area contributed by atoms with Crippen LogP contribution in [0.1, 0.15) is 35.2 Å². The monoisotopic (exact) mass is 277 g/mol. The smallest absolute Gasteiger partial charge is 0.255 e. The third-order valence-electron chi connectivity index (χ3n) is 3.66. The Bertz CT molecular complexity index is 470. The number of rotatable bonds is 4. The number of nitrogens with zero attached hydrogens (tertiary/aromatic N) is 1. The Labute approximate surface area is 120 Å². The van der Waals surface area contributed by atoms with Crippen LogP contribution in [0.25, 0.3) is 0 Å². The number of likely N-dealkylation sites (N-methyl/N-ethyl adjacent to an activating group) is 1. The SMILES string of the molecule is Cc1ccc(C(=O)N(C)CC2CCCCO2)c(NN)c1. The maximum Gasteiger partial charge on any atom is 0.255 e. The first-order valence-corrected chi connectivity index (χ1v) is 7.06. The molecular formula is C15H23N3O2. The highest BCUT2D eigenvalue weighted by Gasteiger charge is 2.21. The van der Waals surface area contributed by atoms with E-state index in [9.17, 15) is 4.79 Å². The average Bonchev–Trinajstić information content (AvgIpc) is 2.47. The van der Waals surface area contributed by atoms with Crippen LogP contribution in [0, 0.1) is 6.92 Å². The highest BCUT2D eigenvalue weighted by atomic mass is 16.5. The molecule has 1 heterocycles. The summed E-state index contributed by atoms with van der Waals surface area (Å²) in [5.41, 5.74) is 4.91. The molecule has 5 heteroatoms. The molecule has 110 valence electrons. The first-order valence-electron chi connectivity index (χ1n) is 7.06. The Morgan fingerprint density at radius 3 is 2.95 bits per heavy atom. The van der Waals surface area contributed by atoms with Crippen molar-refractivity contribution in [3.8, 4) is 0 Å². The molecule has 0 saturated carbocycles. The average molecular weight is 277 g/mol. The summed E-state index contributed by atoms with van der Waals surface area (Å²) in [4.78, 5) is 14.2. The molecule has 2 rings (SSSR count). The lowest BCUT2D eigenvalue weighted by molar-refractivity contribution is -0.000171. The molecule has 1 aromatic carbocycles. The maximum atomic E-state index is 12.5. The Morgan fingerprint density at radius 1 is 1.50 bits per heavy atom. The number of carbonyl (C=O) groups excluding carboxylic acids is 1. The molecule has 1 fully saturated rings. The normalized spacial score (nSPS) is 18.6. The Balaban J connectivity index is 2.05. The van der Waals surface area contributed by atoms with Crippen LogP contribution < -0.4 is 11.3 Å². The Kier molecular flexibility index (Phi) is 4.98. The molecular weight excluding hydrogens is 254 g/mol. The topological polar surface area (TPSA) is 67.6 Å². The van der Waals surface area contributed by atoms with Gasteiger partial charge in [0.15, 0.2) is 0 Å². The number of amides is 1. The third-order valence-corrected chi connectivity index (χ3v) is 3.66. The number of hydrogen-bond acceptors (Lipinski definition) is 4. The first kappa shape index (κ1) is 14.8. The van der Waals surface area contributed by atoms with E-state index < -0.39 is 0 Å². The van der Waals surface area contributed by atoms with Crippen LogP contribution in [-0.2, 0) is 4.74 Å². The Morgan fingerprint density at radius 2 is 2.30 bits per heavy atom. The minimum absolute atomic E-state index is 0.0351. The van der Waals surface area contributed by atoms with E-state index in [2.05, 4.69) is 5.43 Å². The van der Waals surface area contributed by atoms with Gasteiger partial charge in [-0.05, 0) is 43.9 Å². The van der Waals surface area contributed by atoms with Crippen LogP contribution >= 0.6 is 0 Å². The number of carbonyl (C=O) groups is 1. The van der Waals surface area contributed by atoms with Crippen molar-refractivity contribution in [1.82, 2.24) is 4.90 Å². The van der Waals surface area contributed by atoms with Gasteiger partial charge in [0.2, 0.25) is 0 Å². The summed E-state index contributed by atoms with van der Waals surface area (Å²) >= 11 is 0. The molecule has 0 aromatic heterocycles. The van der Waals surface area contributed by atoms with Crippen LogP contribution in [0.15, 0.2) is 18.2 Å². The van der Waals surface area contributed by atoms with Gasteiger partial charge in [0.05, 0.1) is 17.4 Å². The van der Waals surface area contributed by atoms with Crippen molar-refractivity contribution in [3.05, 3.63) is 29.3 Å². The van der Waals surface area contributed by atoms with E-state index in [1.165, 1.54) is 6.42 Å². The van der Waals surface area contributed by atoms with E-state index in [4.69, 9.17) is 10.6 Å². The van der Waals surface area contributed by atoms with Gasteiger partial charge >= 0.3 is 0 Å². The first-order chi connectivity index (χ1) is 9.61. The summed E-state index contributed by atoms with van der Waals surface area (Å²) in [6.07, 6.45) is 3.46. The fourth-order valence-electron chi connectivity index (χ4n) is 2.51. The number of benzene rings is 1. The number of anilines is 1. The van der Waals surface area contributed by atoms with E-state index in [-0.39, 0.29) is 12.0 Å². The van der Waals surface area contributed by atoms with Gasteiger partial charge in [0, 0.05) is 20.2 Å². The van der Waals surface area contributed by atoms with Gasteiger partial charge in [-0.3, -0.25) is 10.6 Å². The summed E-state index contributed by atoms with van der Waals surface area (Å²) in [6, 6.07) is 5.60. The number of hydrazine groups is 1. The number of hydrogen-bond donors (Lipinski definition) is 2. The van der Waals surface area contributed by atoms with Crippen molar-refractivity contribution in [2.75, 3.05) is 25.6 Å². The minimum atomic E-state index is -0.0351. The number of nitrogen functional groups attached to an aromatic ring is 1. The molecule has 3 N–H and O–H groups in total. The van der Waals surface area contributed by atoms with Crippen LogP contribution in [0.3, 0.4) is 0 Å². The summed E-state index contributed by atoms with van der Waals surface area (Å²) in [5.74, 6) is 5.46. The number of nitrogens with one attached hydrogen (secondary N) is 1. The van der Waals surface area contributed by atoms with Gasteiger partial charge in [0.25, 0.3) is 5.91 Å². The lowest BCUT2D eigenvalue weighted by Crippen LogP contribution is -2.37. The van der Waals surface area contributed by atoms with Gasteiger partial charge in [-0.15, -0.1) is 0 Å².